The van der Waals surface area contributed by atoms with Crippen LogP contribution in [0.4, 0.5) is 0 Å². The summed E-state index contributed by atoms with van der Waals surface area (Å²) in [4.78, 5) is 62.3. The number of aromatic nitrogens is 1. The quantitative estimate of drug-likeness (QED) is 0.437. The van der Waals surface area contributed by atoms with Crippen molar-refractivity contribution in [3.05, 3.63) is 72.1 Å². The highest BCUT2D eigenvalue weighted by Gasteiger charge is 2.39. The monoisotopic (exact) mass is 614 g/mol. The normalized spacial score (nSPS) is 21.1. The van der Waals surface area contributed by atoms with Crippen molar-refractivity contribution in [2.45, 2.75) is 50.2 Å². The van der Waals surface area contributed by atoms with Gasteiger partial charge in [-0.15, -0.1) is 0 Å². The fourth-order valence-corrected chi connectivity index (χ4v) is 6.07. The molecule has 2 aliphatic heterocycles. The Labute approximate surface area is 263 Å². The summed E-state index contributed by atoms with van der Waals surface area (Å²) in [6.07, 6.45) is 5.50. The molecule has 11 heteroatoms. The first kappa shape index (κ1) is 31.9. The zero-order valence-corrected chi connectivity index (χ0v) is 26.2. The van der Waals surface area contributed by atoms with Crippen molar-refractivity contribution in [2.24, 2.45) is 0 Å². The molecule has 0 spiro atoms. The van der Waals surface area contributed by atoms with Gasteiger partial charge in [-0.05, 0) is 62.2 Å². The average molecular weight is 615 g/mol. The Morgan fingerprint density at radius 3 is 2.60 bits per heavy atom. The lowest BCUT2D eigenvalue weighted by Gasteiger charge is -2.29. The Hall–Kier alpha value is -4.51. The molecule has 4 amide bonds. The molecule has 2 N–H and O–H groups in total. The van der Waals surface area contributed by atoms with Gasteiger partial charge in [0, 0.05) is 32.4 Å². The number of carbonyl (C=O) groups excluding carboxylic acids is 4. The smallest absolute Gasteiger partial charge is 0.255 e. The molecule has 1 saturated heterocycles. The van der Waals surface area contributed by atoms with E-state index in [1.807, 2.05) is 42.5 Å². The fourth-order valence-electron chi connectivity index (χ4n) is 6.07. The lowest BCUT2D eigenvalue weighted by molar-refractivity contribution is -0.138. The number of hydrogen-bond donors (Lipinski definition) is 2. The molecule has 3 atom stereocenters. The van der Waals surface area contributed by atoms with Crippen LogP contribution in [0.1, 0.15) is 41.6 Å². The number of amides is 4. The number of hydrogen-bond acceptors (Lipinski definition) is 7. The number of pyridine rings is 1. The van der Waals surface area contributed by atoms with Crippen molar-refractivity contribution in [1.82, 2.24) is 30.3 Å². The van der Waals surface area contributed by atoms with E-state index in [1.165, 1.54) is 6.20 Å². The van der Waals surface area contributed by atoms with Gasteiger partial charge in [0.15, 0.2) is 0 Å². The van der Waals surface area contributed by atoms with Crippen LogP contribution in [0, 0.1) is 0 Å². The Morgan fingerprint density at radius 2 is 1.80 bits per heavy atom. The van der Waals surface area contributed by atoms with Crippen LogP contribution in [-0.4, -0.2) is 109 Å². The number of likely N-dealkylation sites (N-methyl/N-ethyl adjacent to an activating group) is 1. The molecule has 11 nitrogen and oxygen atoms in total. The number of carbonyl (C=O) groups is 4. The third-order valence-electron chi connectivity index (χ3n) is 8.32. The summed E-state index contributed by atoms with van der Waals surface area (Å²) in [6, 6.07) is 14.3. The van der Waals surface area contributed by atoms with E-state index >= 15 is 0 Å². The van der Waals surface area contributed by atoms with E-state index in [0.717, 1.165) is 16.3 Å². The summed E-state index contributed by atoms with van der Waals surface area (Å²) >= 11 is 0. The van der Waals surface area contributed by atoms with Crippen LogP contribution in [0.15, 0.2) is 60.9 Å². The summed E-state index contributed by atoms with van der Waals surface area (Å²) in [6.45, 7) is 1.10. The molecule has 45 heavy (non-hydrogen) atoms. The predicted molar refractivity (Wildman–Crippen MR) is 171 cm³/mol. The van der Waals surface area contributed by atoms with Crippen molar-refractivity contribution in [3.63, 3.8) is 0 Å². The SMILES string of the molecule is CN(C)CC(=O)N[C@H]1CCCCN(C)C(=O)c2cncc(c2)OC[C@@H]2C[C@H](NC(=O)Cc3ccc4ccccc4c3)CN2C1=O. The zero-order valence-electron chi connectivity index (χ0n) is 26.2. The second-order valence-corrected chi connectivity index (χ2v) is 12.3. The molecule has 1 aromatic heterocycles. The van der Waals surface area contributed by atoms with Crippen LogP contribution in [0.2, 0.25) is 0 Å². The second kappa shape index (κ2) is 14.5. The highest BCUT2D eigenvalue weighted by atomic mass is 16.5. The van der Waals surface area contributed by atoms with E-state index in [4.69, 9.17) is 4.74 Å². The first-order valence-corrected chi connectivity index (χ1v) is 15.5. The minimum atomic E-state index is -0.735. The second-order valence-electron chi connectivity index (χ2n) is 12.3. The molecule has 0 unspecified atom stereocenters. The van der Waals surface area contributed by atoms with E-state index in [-0.39, 0.29) is 55.3 Å². The average Bonchev–Trinajstić information content (AvgIpc) is 3.42. The molecule has 0 saturated carbocycles. The first-order valence-electron chi connectivity index (χ1n) is 15.5. The van der Waals surface area contributed by atoms with E-state index in [1.54, 1.807) is 48.1 Å². The largest absolute Gasteiger partial charge is 0.490 e. The number of rotatable bonds is 6. The number of fused-ring (bicyclic) bond motifs is 4. The van der Waals surface area contributed by atoms with Gasteiger partial charge in [-0.3, -0.25) is 24.2 Å². The van der Waals surface area contributed by atoms with Crippen molar-refractivity contribution in [3.8, 4) is 5.75 Å². The first-order chi connectivity index (χ1) is 21.7. The molecule has 2 aliphatic rings. The summed E-state index contributed by atoms with van der Waals surface area (Å²) in [5, 5.41) is 8.26. The van der Waals surface area contributed by atoms with Gasteiger partial charge in [-0.2, -0.15) is 0 Å². The van der Waals surface area contributed by atoms with Crippen LogP contribution in [0.3, 0.4) is 0 Å². The number of nitrogens with zero attached hydrogens (tertiary/aromatic N) is 4. The number of benzene rings is 2. The van der Waals surface area contributed by atoms with Gasteiger partial charge in [0.1, 0.15) is 18.4 Å². The van der Waals surface area contributed by atoms with Gasteiger partial charge in [0.2, 0.25) is 17.7 Å². The fraction of sp³-hybridized carbons (Fsp3) is 0.441. The maximum Gasteiger partial charge on any atom is 0.255 e. The Balaban J connectivity index is 1.34. The molecule has 238 valence electrons. The molecular weight excluding hydrogens is 572 g/mol. The molecule has 5 rings (SSSR count). The summed E-state index contributed by atoms with van der Waals surface area (Å²) < 4.78 is 6.09. The molecular formula is C34H42N6O5. The van der Waals surface area contributed by atoms with Gasteiger partial charge in [-0.25, -0.2) is 0 Å². The number of nitrogens with one attached hydrogen (secondary N) is 2. The molecule has 0 aliphatic carbocycles. The lowest BCUT2D eigenvalue weighted by atomic mass is 10.0. The van der Waals surface area contributed by atoms with Crippen LogP contribution in [0.5, 0.6) is 5.75 Å². The topological polar surface area (TPSA) is 124 Å². The molecule has 3 aromatic rings. The maximum atomic E-state index is 14.1. The van der Waals surface area contributed by atoms with Crippen molar-refractivity contribution < 1.29 is 23.9 Å². The minimum Gasteiger partial charge on any atom is -0.490 e. The Kier molecular flexibility index (Phi) is 10.3. The van der Waals surface area contributed by atoms with Gasteiger partial charge >= 0.3 is 0 Å². The van der Waals surface area contributed by atoms with Crippen LogP contribution in [-0.2, 0) is 20.8 Å². The van der Waals surface area contributed by atoms with E-state index in [2.05, 4.69) is 15.6 Å². The van der Waals surface area contributed by atoms with Crippen molar-refractivity contribution in [2.75, 3.05) is 47.4 Å². The van der Waals surface area contributed by atoms with E-state index < -0.39 is 6.04 Å². The summed E-state index contributed by atoms with van der Waals surface area (Å²) in [7, 11) is 5.33. The van der Waals surface area contributed by atoms with Crippen molar-refractivity contribution >= 4 is 34.4 Å². The Bertz CT molecular complexity index is 1540. The van der Waals surface area contributed by atoms with Crippen LogP contribution < -0.4 is 15.4 Å². The predicted octanol–water partition coefficient (Wildman–Crippen LogP) is 2.24. The number of ether oxygens (including phenoxy) is 1. The molecule has 1 fully saturated rings. The highest BCUT2D eigenvalue weighted by molar-refractivity contribution is 5.94. The Morgan fingerprint density at radius 1 is 1.00 bits per heavy atom. The van der Waals surface area contributed by atoms with Crippen molar-refractivity contribution in [1.29, 1.82) is 0 Å². The van der Waals surface area contributed by atoms with E-state index in [9.17, 15) is 19.2 Å². The highest BCUT2D eigenvalue weighted by Crippen LogP contribution is 2.24. The van der Waals surface area contributed by atoms with Gasteiger partial charge in [0.05, 0.1) is 30.8 Å². The third-order valence-corrected chi connectivity index (χ3v) is 8.32. The maximum absolute atomic E-state index is 14.1. The molecule has 2 aromatic carbocycles. The van der Waals surface area contributed by atoms with Gasteiger partial charge < -0.3 is 30.1 Å². The zero-order chi connectivity index (χ0) is 31.9. The lowest BCUT2D eigenvalue weighted by Crippen LogP contribution is -2.52. The summed E-state index contributed by atoms with van der Waals surface area (Å²) in [5.41, 5.74) is 1.34. The standard InChI is InChI=1S/C34H42N6O5/c1-38(2)21-32(42)37-30-10-6-7-13-39(3)33(43)26-16-29(19-35-18-26)45-22-28-17-27(20-40(28)34(30)44)36-31(41)15-23-11-12-24-8-4-5-9-25(24)14-23/h4-5,8-9,11-12,14,16,18-19,27-28,30H,6-7,10,13,15,17,20-22H2,1-3H3,(H,36,41)(H,37,42)/t27-,28-,30-/m0/s1. The summed E-state index contributed by atoms with van der Waals surface area (Å²) in [5.74, 6) is -0.296. The molecule has 3 heterocycles. The van der Waals surface area contributed by atoms with Crippen LogP contribution >= 0.6 is 0 Å². The van der Waals surface area contributed by atoms with E-state index in [0.29, 0.717) is 50.1 Å². The minimum absolute atomic E-state index is 0.123. The molecule has 0 radical (unpaired) electrons. The van der Waals surface area contributed by atoms with Gasteiger partial charge in [-0.1, -0.05) is 42.5 Å². The molecule has 2 bridgehead atoms. The van der Waals surface area contributed by atoms with Gasteiger partial charge in [0.25, 0.3) is 5.91 Å². The van der Waals surface area contributed by atoms with Crippen LogP contribution in [0.25, 0.3) is 10.8 Å². The third kappa shape index (κ3) is 8.36.